The van der Waals surface area contributed by atoms with E-state index in [1.54, 1.807) is 12.1 Å². The van der Waals surface area contributed by atoms with Crippen molar-refractivity contribution in [2.75, 3.05) is 0 Å². The molecule has 122 valence electrons. The van der Waals surface area contributed by atoms with Crippen molar-refractivity contribution in [3.8, 4) is 0 Å². The molecule has 23 heavy (non-hydrogen) atoms. The zero-order valence-electron chi connectivity index (χ0n) is 13.1. The van der Waals surface area contributed by atoms with Gasteiger partial charge in [0, 0.05) is 25.3 Å². The van der Waals surface area contributed by atoms with E-state index in [2.05, 4.69) is 20.5 Å². The van der Waals surface area contributed by atoms with Crippen molar-refractivity contribution in [1.82, 2.24) is 20.5 Å². The highest BCUT2D eigenvalue weighted by Gasteiger charge is 2.09. The molecule has 6 nitrogen and oxygen atoms in total. The monoisotopic (exact) mass is 318 g/mol. The molecule has 0 radical (unpaired) electrons. The summed E-state index contributed by atoms with van der Waals surface area (Å²) in [6.45, 7) is 3.74. The van der Waals surface area contributed by atoms with Crippen molar-refractivity contribution >= 4 is 5.91 Å². The lowest BCUT2D eigenvalue weighted by atomic mass is 10.1. The second-order valence-corrected chi connectivity index (χ2v) is 5.57. The quantitative estimate of drug-likeness (QED) is 0.841. The molecule has 0 saturated heterocycles. The minimum absolute atomic E-state index is 0.0601. The summed E-state index contributed by atoms with van der Waals surface area (Å²) < 4.78 is 12.9. The Morgan fingerprint density at radius 2 is 1.96 bits per heavy atom. The first-order valence-electron chi connectivity index (χ1n) is 7.42. The number of nitrogens with one attached hydrogen (secondary N) is 2. The van der Waals surface area contributed by atoms with Crippen LogP contribution in [0.3, 0.4) is 0 Å². The maximum atomic E-state index is 12.9. The molecule has 0 spiro atoms. The molecular formula is C16H19FN4O2. The number of rotatable bonds is 6. The van der Waals surface area contributed by atoms with Crippen LogP contribution in [-0.4, -0.2) is 27.1 Å². The van der Waals surface area contributed by atoms with Gasteiger partial charge in [-0.05, 0) is 31.5 Å². The molecule has 1 amide bonds. The summed E-state index contributed by atoms with van der Waals surface area (Å²) in [6, 6.07) is 6.01. The zero-order valence-corrected chi connectivity index (χ0v) is 13.1. The highest BCUT2D eigenvalue weighted by Crippen LogP contribution is 2.06. The maximum absolute atomic E-state index is 12.9. The molecule has 0 unspecified atom stereocenters. The molecule has 0 aliphatic rings. The molecule has 2 N–H and O–H groups in total. The Kier molecular flexibility index (Phi) is 5.56. The summed E-state index contributed by atoms with van der Waals surface area (Å²) in [5.74, 6) is -0.0445. The first kappa shape index (κ1) is 16.8. The highest BCUT2D eigenvalue weighted by molar-refractivity contribution is 5.76. The fraction of sp³-hybridized carbons (Fsp3) is 0.375. The Bertz CT molecular complexity index is 726. The molecule has 2 rings (SSSR count). The summed E-state index contributed by atoms with van der Waals surface area (Å²) in [5.41, 5.74) is 0.696. The number of carbonyl (C=O) groups is 1. The number of carbonyl (C=O) groups excluding carboxylic acids is 1. The van der Waals surface area contributed by atoms with Gasteiger partial charge in [0.15, 0.2) is 0 Å². The molecule has 0 bridgehead atoms. The van der Waals surface area contributed by atoms with Gasteiger partial charge in [-0.1, -0.05) is 12.1 Å². The van der Waals surface area contributed by atoms with E-state index in [0.717, 1.165) is 5.56 Å². The lowest BCUT2D eigenvalue weighted by molar-refractivity contribution is -0.121. The molecule has 0 saturated carbocycles. The number of benzene rings is 1. The largest absolute Gasteiger partial charge is 0.354 e. The number of halogens is 1. The highest BCUT2D eigenvalue weighted by atomic mass is 19.1. The van der Waals surface area contributed by atoms with Gasteiger partial charge in [0.1, 0.15) is 17.3 Å². The standard InChI is InChI=1S/C16H19FN4O2/c1-10(2)18-15(22)8-7-13-16(23)19-14(21-20-13)9-11-3-5-12(17)6-4-11/h3-6,10H,7-9H2,1-2H3,(H,18,22)(H,19,21,23). The summed E-state index contributed by atoms with van der Waals surface area (Å²) in [5, 5.41) is 10.6. The number of nitrogens with zero attached hydrogens (tertiary/aromatic N) is 2. The molecule has 7 heteroatoms. The van der Waals surface area contributed by atoms with Gasteiger partial charge in [-0.3, -0.25) is 9.59 Å². The third-order valence-corrected chi connectivity index (χ3v) is 3.13. The molecule has 1 aromatic heterocycles. The molecule has 0 fully saturated rings. The van der Waals surface area contributed by atoms with Crippen LogP contribution in [0.2, 0.25) is 0 Å². The van der Waals surface area contributed by atoms with E-state index in [1.165, 1.54) is 12.1 Å². The average molecular weight is 318 g/mol. The van der Waals surface area contributed by atoms with Crippen LogP contribution in [0.25, 0.3) is 0 Å². The molecule has 1 aromatic carbocycles. The van der Waals surface area contributed by atoms with E-state index in [-0.39, 0.29) is 41.9 Å². The van der Waals surface area contributed by atoms with Gasteiger partial charge in [0.2, 0.25) is 5.91 Å². The van der Waals surface area contributed by atoms with Crippen LogP contribution >= 0.6 is 0 Å². The number of aromatic nitrogens is 3. The van der Waals surface area contributed by atoms with Crippen molar-refractivity contribution in [1.29, 1.82) is 0 Å². The lowest BCUT2D eigenvalue weighted by Gasteiger charge is -2.07. The number of hydrogen-bond acceptors (Lipinski definition) is 4. The lowest BCUT2D eigenvalue weighted by Crippen LogP contribution is -2.31. The van der Waals surface area contributed by atoms with Crippen molar-refractivity contribution in [2.45, 2.75) is 39.2 Å². The molecular weight excluding hydrogens is 299 g/mol. The van der Waals surface area contributed by atoms with Crippen LogP contribution in [0.4, 0.5) is 4.39 Å². The van der Waals surface area contributed by atoms with Crippen LogP contribution in [-0.2, 0) is 17.6 Å². The zero-order chi connectivity index (χ0) is 16.8. The van der Waals surface area contributed by atoms with Gasteiger partial charge in [0.05, 0.1) is 0 Å². The van der Waals surface area contributed by atoms with Crippen molar-refractivity contribution in [3.63, 3.8) is 0 Å². The normalized spacial score (nSPS) is 10.8. The number of amides is 1. The predicted octanol–water partition coefficient (Wildman–Crippen LogP) is 1.35. The fourth-order valence-electron chi connectivity index (χ4n) is 2.06. The van der Waals surface area contributed by atoms with Gasteiger partial charge in [-0.2, -0.15) is 0 Å². The van der Waals surface area contributed by atoms with Gasteiger partial charge in [-0.25, -0.2) is 4.39 Å². The second kappa shape index (κ2) is 7.62. The minimum Gasteiger partial charge on any atom is -0.354 e. The van der Waals surface area contributed by atoms with Gasteiger partial charge in [0.25, 0.3) is 5.56 Å². The second-order valence-electron chi connectivity index (χ2n) is 5.57. The van der Waals surface area contributed by atoms with E-state index < -0.39 is 0 Å². The van der Waals surface area contributed by atoms with Gasteiger partial charge >= 0.3 is 0 Å². The van der Waals surface area contributed by atoms with Crippen LogP contribution in [0.5, 0.6) is 0 Å². The topological polar surface area (TPSA) is 87.7 Å². The molecule has 1 heterocycles. The fourth-order valence-corrected chi connectivity index (χ4v) is 2.06. The SMILES string of the molecule is CC(C)NC(=O)CCc1nnc(Cc2ccc(F)cc2)[nH]c1=O. The van der Waals surface area contributed by atoms with Crippen LogP contribution in [0.15, 0.2) is 29.1 Å². The van der Waals surface area contributed by atoms with E-state index in [4.69, 9.17) is 0 Å². The van der Waals surface area contributed by atoms with Gasteiger partial charge < -0.3 is 10.3 Å². The number of hydrogen-bond donors (Lipinski definition) is 2. The Labute approximate surface area is 133 Å². The van der Waals surface area contributed by atoms with E-state index >= 15 is 0 Å². The maximum Gasteiger partial charge on any atom is 0.272 e. The van der Waals surface area contributed by atoms with Gasteiger partial charge in [-0.15, -0.1) is 10.2 Å². The Balaban J connectivity index is 1.99. The van der Waals surface area contributed by atoms with Crippen LogP contribution in [0, 0.1) is 5.82 Å². The summed E-state index contributed by atoms with van der Waals surface area (Å²) >= 11 is 0. The van der Waals surface area contributed by atoms with Crippen LogP contribution in [0.1, 0.15) is 37.4 Å². The Morgan fingerprint density at radius 1 is 1.26 bits per heavy atom. The minimum atomic E-state index is -0.352. The average Bonchev–Trinajstić information content (AvgIpc) is 2.48. The summed E-state index contributed by atoms with van der Waals surface area (Å²) in [4.78, 5) is 26.2. The third kappa shape index (κ3) is 5.28. The number of aryl methyl sites for hydroxylation is 1. The number of H-pyrrole nitrogens is 1. The van der Waals surface area contributed by atoms with Crippen molar-refractivity contribution in [3.05, 3.63) is 57.5 Å². The smallest absolute Gasteiger partial charge is 0.272 e. The van der Waals surface area contributed by atoms with E-state index in [1.807, 2.05) is 13.8 Å². The van der Waals surface area contributed by atoms with Crippen molar-refractivity contribution < 1.29 is 9.18 Å². The van der Waals surface area contributed by atoms with E-state index in [9.17, 15) is 14.0 Å². The number of aromatic amines is 1. The molecule has 0 atom stereocenters. The predicted molar refractivity (Wildman–Crippen MR) is 83.5 cm³/mol. The molecule has 0 aliphatic heterocycles. The first-order chi connectivity index (χ1) is 10.9. The summed E-state index contributed by atoms with van der Waals surface area (Å²) in [7, 11) is 0. The third-order valence-electron chi connectivity index (χ3n) is 3.13. The first-order valence-corrected chi connectivity index (χ1v) is 7.42. The Morgan fingerprint density at radius 3 is 2.57 bits per heavy atom. The molecule has 2 aromatic rings. The molecule has 0 aliphatic carbocycles. The van der Waals surface area contributed by atoms with Crippen molar-refractivity contribution in [2.24, 2.45) is 0 Å². The van der Waals surface area contributed by atoms with Crippen LogP contribution < -0.4 is 10.9 Å². The summed E-state index contributed by atoms with van der Waals surface area (Å²) in [6.07, 6.45) is 0.779. The Hall–Kier alpha value is -2.57. The van der Waals surface area contributed by atoms with E-state index in [0.29, 0.717) is 12.2 Å².